The van der Waals surface area contributed by atoms with Gasteiger partial charge in [0.15, 0.2) is 0 Å². The van der Waals surface area contributed by atoms with Gasteiger partial charge in [0.1, 0.15) is 9.84 Å². The number of carboxylic acid groups (broad SMARTS) is 1. The van der Waals surface area contributed by atoms with Gasteiger partial charge < -0.3 is 15.7 Å². The fourth-order valence-corrected chi connectivity index (χ4v) is 2.70. The first-order valence-electron chi connectivity index (χ1n) is 6.01. The van der Waals surface area contributed by atoms with E-state index < -0.39 is 27.3 Å². The Bertz CT molecular complexity index is 475. The van der Waals surface area contributed by atoms with Gasteiger partial charge in [-0.2, -0.15) is 0 Å². The molecule has 1 amide bonds. The Morgan fingerprint density at radius 3 is 2.47 bits per heavy atom. The third kappa shape index (κ3) is 4.17. The Hall–Kier alpha value is -1.15. The van der Waals surface area contributed by atoms with Gasteiger partial charge in [-0.25, -0.2) is 8.42 Å². The summed E-state index contributed by atoms with van der Waals surface area (Å²) in [7, 11) is -3.16. The zero-order chi connectivity index (χ0) is 14.8. The van der Waals surface area contributed by atoms with E-state index >= 15 is 0 Å². The van der Waals surface area contributed by atoms with E-state index in [9.17, 15) is 18.0 Å². The summed E-state index contributed by atoms with van der Waals surface area (Å²) in [6.07, 6.45) is 1.52. The van der Waals surface area contributed by atoms with Crippen LogP contribution < -0.4 is 5.73 Å². The summed E-state index contributed by atoms with van der Waals surface area (Å²) in [6.45, 7) is 2.05. The van der Waals surface area contributed by atoms with Crippen LogP contribution in [0, 0.1) is 5.41 Å². The van der Waals surface area contributed by atoms with Crippen LogP contribution in [-0.4, -0.2) is 61.4 Å². The van der Waals surface area contributed by atoms with Crippen molar-refractivity contribution in [3.05, 3.63) is 0 Å². The second-order valence-corrected chi connectivity index (χ2v) is 7.66. The molecular weight excluding hydrogens is 272 g/mol. The van der Waals surface area contributed by atoms with Crippen LogP contribution in [0.15, 0.2) is 0 Å². The molecule has 7 nitrogen and oxygen atoms in total. The molecule has 8 heteroatoms. The molecule has 0 aromatic heterocycles. The second-order valence-electron chi connectivity index (χ2n) is 5.40. The van der Waals surface area contributed by atoms with Gasteiger partial charge in [-0.15, -0.1) is 0 Å². The molecule has 2 unspecified atom stereocenters. The molecule has 0 aromatic carbocycles. The van der Waals surface area contributed by atoms with E-state index in [-0.39, 0.29) is 24.6 Å². The van der Waals surface area contributed by atoms with Crippen LogP contribution in [0.2, 0.25) is 0 Å². The summed E-state index contributed by atoms with van der Waals surface area (Å²) >= 11 is 0. The molecule has 1 saturated heterocycles. The van der Waals surface area contributed by atoms with Gasteiger partial charge in [0, 0.05) is 19.3 Å². The Kier molecular flexibility index (Phi) is 4.57. The molecule has 3 N–H and O–H groups in total. The summed E-state index contributed by atoms with van der Waals surface area (Å²) in [6, 6.07) is -0.897. The van der Waals surface area contributed by atoms with Crippen LogP contribution in [0.4, 0.5) is 0 Å². The predicted molar refractivity (Wildman–Crippen MR) is 69.2 cm³/mol. The number of rotatable bonds is 5. The van der Waals surface area contributed by atoms with Crippen LogP contribution in [-0.2, 0) is 19.4 Å². The highest BCUT2D eigenvalue weighted by molar-refractivity contribution is 7.90. The van der Waals surface area contributed by atoms with Gasteiger partial charge in [0.05, 0.1) is 17.2 Å². The summed E-state index contributed by atoms with van der Waals surface area (Å²) in [5.41, 5.74) is 4.73. The van der Waals surface area contributed by atoms with Crippen molar-refractivity contribution in [2.75, 3.05) is 25.1 Å². The van der Waals surface area contributed by atoms with E-state index in [4.69, 9.17) is 10.8 Å². The Labute approximate surface area is 112 Å². The highest BCUT2D eigenvalue weighted by Crippen LogP contribution is 2.30. The number of nitrogens with two attached hydrogens (primary N) is 1. The first-order valence-corrected chi connectivity index (χ1v) is 8.07. The van der Waals surface area contributed by atoms with E-state index in [0.29, 0.717) is 13.0 Å². The maximum absolute atomic E-state index is 12.0. The molecule has 0 aromatic rings. The molecule has 19 heavy (non-hydrogen) atoms. The van der Waals surface area contributed by atoms with Gasteiger partial charge in [-0.3, -0.25) is 9.59 Å². The molecular formula is C11H20N2O5S. The number of carboxylic acids is 1. The number of sulfone groups is 1. The van der Waals surface area contributed by atoms with Crippen molar-refractivity contribution in [1.82, 2.24) is 4.90 Å². The van der Waals surface area contributed by atoms with Gasteiger partial charge in [0.2, 0.25) is 5.91 Å². The summed E-state index contributed by atoms with van der Waals surface area (Å²) in [5, 5.41) is 9.07. The fourth-order valence-electron chi connectivity index (χ4n) is 2.02. The molecule has 1 rings (SSSR count). The number of likely N-dealkylation sites (tertiary alicyclic amines) is 1. The smallest absolute Gasteiger partial charge is 0.311 e. The topological polar surface area (TPSA) is 118 Å². The maximum atomic E-state index is 12.0. The van der Waals surface area contributed by atoms with Gasteiger partial charge >= 0.3 is 5.97 Å². The summed E-state index contributed by atoms with van der Waals surface area (Å²) in [5.74, 6) is -1.47. The van der Waals surface area contributed by atoms with Crippen molar-refractivity contribution < 1.29 is 23.1 Å². The lowest BCUT2D eigenvalue weighted by atomic mass is 9.90. The van der Waals surface area contributed by atoms with E-state index in [0.717, 1.165) is 6.26 Å². The Morgan fingerprint density at radius 1 is 1.47 bits per heavy atom. The second kappa shape index (κ2) is 5.46. The molecule has 110 valence electrons. The minimum Gasteiger partial charge on any atom is -0.481 e. The largest absolute Gasteiger partial charge is 0.481 e. The molecule has 1 fully saturated rings. The minimum absolute atomic E-state index is 0.0535. The number of carbonyl (C=O) groups excluding carboxylic acids is 1. The average molecular weight is 292 g/mol. The SMILES string of the molecule is CC1(C(=O)O)CCN(C(=O)C(N)CCS(C)(=O)=O)C1. The van der Waals surface area contributed by atoms with Gasteiger partial charge in [-0.1, -0.05) is 0 Å². The zero-order valence-electron chi connectivity index (χ0n) is 11.1. The number of hydrogen-bond donors (Lipinski definition) is 2. The lowest BCUT2D eigenvalue weighted by Crippen LogP contribution is -2.44. The molecule has 1 aliphatic rings. The standard InChI is InChI=1S/C11H20N2O5S/c1-11(10(15)16)4-5-13(7-11)9(14)8(12)3-6-19(2,17)18/h8H,3-7,12H2,1-2H3,(H,15,16). The number of nitrogens with zero attached hydrogens (tertiary/aromatic N) is 1. The third-order valence-corrected chi connectivity index (χ3v) is 4.40. The molecule has 0 spiro atoms. The predicted octanol–water partition coefficient (Wildman–Crippen LogP) is -0.928. The number of amides is 1. The summed E-state index contributed by atoms with van der Waals surface area (Å²) in [4.78, 5) is 24.5. The first kappa shape index (κ1) is 15.9. The van der Waals surface area contributed by atoms with E-state index in [1.54, 1.807) is 6.92 Å². The maximum Gasteiger partial charge on any atom is 0.311 e. The lowest BCUT2D eigenvalue weighted by Gasteiger charge is -2.22. The molecule has 0 radical (unpaired) electrons. The summed E-state index contributed by atoms with van der Waals surface area (Å²) < 4.78 is 22.0. The number of hydrogen-bond acceptors (Lipinski definition) is 5. The van der Waals surface area contributed by atoms with E-state index in [1.165, 1.54) is 4.90 Å². The van der Waals surface area contributed by atoms with Crippen LogP contribution in [0.25, 0.3) is 0 Å². The van der Waals surface area contributed by atoms with Crippen molar-refractivity contribution in [2.24, 2.45) is 11.1 Å². The molecule has 0 aliphatic carbocycles. The molecule has 1 heterocycles. The van der Waals surface area contributed by atoms with Crippen LogP contribution in [0.3, 0.4) is 0 Å². The van der Waals surface area contributed by atoms with Gasteiger partial charge in [0.25, 0.3) is 0 Å². The van der Waals surface area contributed by atoms with E-state index in [2.05, 4.69) is 0 Å². The number of carbonyl (C=O) groups is 2. The van der Waals surface area contributed by atoms with Crippen molar-refractivity contribution in [2.45, 2.75) is 25.8 Å². The normalized spacial score (nSPS) is 25.3. The highest BCUT2D eigenvalue weighted by Gasteiger charge is 2.42. The highest BCUT2D eigenvalue weighted by atomic mass is 32.2. The lowest BCUT2D eigenvalue weighted by molar-refractivity contribution is -0.147. The molecule has 0 bridgehead atoms. The average Bonchev–Trinajstić information content (AvgIpc) is 2.68. The number of aliphatic carboxylic acids is 1. The first-order chi connectivity index (χ1) is 8.55. The van der Waals surface area contributed by atoms with E-state index in [1.807, 2.05) is 0 Å². The molecule has 1 aliphatic heterocycles. The van der Waals surface area contributed by atoms with Crippen molar-refractivity contribution in [3.63, 3.8) is 0 Å². The van der Waals surface area contributed by atoms with Gasteiger partial charge in [-0.05, 0) is 19.8 Å². The zero-order valence-corrected chi connectivity index (χ0v) is 11.9. The van der Waals surface area contributed by atoms with Crippen LogP contribution in [0.5, 0.6) is 0 Å². The Morgan fingerprint density at radius 2 is 2.05 bits per heavy atom. The van der Waals surface area contributed by atoms with Crippen molar-refractivity contribution in [1.29, 1.82) is 0 Å². The Balaban J connectivity index is 2.58. The fraction of sp³-hybridized carbons (Fsp3) is 0.818. The third-order valence-electron chi connectivity index (χ3n) is 3.42. The van der Waals surface area contributed by atoms with Crippen molar-refractivity contribution in [3.8, 4) is 0 Å². The quantitative estimate of drug-likeness (QED) is 0.676. The molecule has 2 atom stereocenters. The molecule has 0 saturated carbocycles. The van der Waals surface area contributed by atoms with Crippen molar-refractivity contribution >= 4 is 21.7 Å². The monoisotopic (exact) mass is 292 g/mol. The van der Waals surface area contributed by atoms with Crippen LogP contribution >= 0.6 is 0 Å². The van der Waals surface area contributed by atoms with Crippen LogP contribution in [0.1, 0.15) is 19.8 Å². The minimum atomic E-state index is -3.16.